The van der Waals surface area contributed by atoms with Gasteiger partial charge in [-0.15, -0.1) is 0 Å². The van der Waals surface area contributed by atoms with Gasteiger partial charge in [0.15, 0.2) is 0 Å². The van der Waals surface area contributed by atoms with E-state index in [-0.39, 0.29) is 22.4 Å². The van der Waals surface area contributed by atoms with E-state index in [0.29, 0.717) is 4.47 Å². The first-order valence-corrected chi connectivity index (χ1v) is 7.45. The molecule has 0 unspecified atom stereocenters. The average molecular weight is 416 g/mol. The van der Waals surface area contributed by atoms with Crippen molar-refractivity contribution >= 4 is 39.2 Å². The molecule has 2 rings (SSSR count). The maximum Gasteiger partial charge on any atom is 0.416 e. The molecule has 0 saturated heterocycles. The summed E-state index contributed by atoms with van der Waals surface area (Å²) in [6.45, 7) is 0. The Morgan fingerprint density at radius 3 is 2.24 bits per heavy atom. The first kappa shape index (κ1) is 18.7. The number of nitro groups is 1. The van der Waals surface area contributed by atoms with Crippen molar-refractivity contribution in [1.29, 1.82) is 0 Å². The van der Waals surface area contributed by atoms with Gasteiger partial charge in [0.1, 0.15) is 0 Å². The lowest BCUT2D eigenvalue weighted by Gasteiger charge is -2.08. The van der Waals surface area contributed by atoms with Crippen LogP contribution in [0.1, 0.15) is 16.7 Å². The molecular weight excluding hydrogens is 407 g/mol. The van der Waals surface area contributed by atoms with Crippen molar-refractivity contribution in [2.75, 3.05) is 0 Å². The van der Waals surface area contributed by atoms with E-state index in [9.17, 15) is 33.2 Å². The lowest BCUT2D eigenvalue weighted by Crippen LogP contribution is -2.05. The van der Waals surface area contributed by atoms with Gasteiger partial charge in [-0.05, 0) is 35.9 Å². The van der Waals surface area contributed by atoms with E-state index in [1.54, 1.807) is 0 Å². The van der Waals surface area contributed by atoms with Crippen LogP contribution in [0.25, 0.3) is 11.6 Å². The minimum Gasteiger partial charge on any atom is -0.478 e. The van der Waals surface area contributed by atoms with Crippen LogP contribution in [0.3, 0.4) is 0 Å². The Hall–Kier alpha value is -2.68. The van der Waals surface area contributed by atoms with Crippen molar-refractivity contribution in [2.45, 2.75) is 6.18 Å². The number of rotatable bonds is 4. The molecule has 0 saturated carbocycles. The Kier molecular flexibility index (Phi) is 5.27. The summed E-state index contributed by atoms with van der Waals surface area (Å²) in [6, 6.07) is 7.49. The summed E-state index contributed by atoms with van der Waals surface area (Å²) in [7, 11) is 0. The molecule has 1 N–H and O–H groups in total. The summed E-state index contributed by atoms with van der Waals surface area (Å²) < 4.78 is 38.3. The summed E-state index contributed by atoms with van der Waals surface area (Å²) in [4.78, 5) is 21.9. The summed E-state index contributed by atoms with van der Waals surface area (Å²) in [5.41, 5.74) is -1.61. The minimum absolute atomic E-state index is 0.00484. The highest BCUT2D eigenvalue weighted by atomic mass is 79.9. The predicted molar refractivity (Wildman–Crippen MR) is 87.7 cm³/mol. The van der Waals surface area contributed by atoms with Gasteiger partial charge in [0, 0.05) is 10.5 Å². The largest absolute Gasteiger partial charge is 0.478 e. The van der Waals surface area contributed by atoms with Crippen LogP contribution in [-0.2, 0) is 11.0 Å². The lowest BCUT2D eigenvalue weighted by molar-refractivity contribution is -0.385. The van der Waals surface area contributed by atoms with Gasteiger partial charge in [0.2, 0.25) is 0 Å². The fraction of sp³-hybridized carbons (Fsp3) is 0.0625. The number of carbonyl (C=O) groups is 1. The van der Waals surface area contributed by atoms with E-state index in [0.717, 1.165) is 30.3 Å². The van der Waals surface area contributed by atoms with Gasteiger partial charge in [-0.1, -0.05) is 28.1 Å². The van der Waals surface area contributed by atoms with Crippen molar-refractivity contribution in [3.8, 4) is 0 Å². The summed E-state index contributed by atoms with van der Waals surface area (Å²) in [5.74, 6) is -1.42. The summed E-state index contributed by atoms with van der Waals surface area (Å²) >= 11 is 3.14. The number of benzene rings is 2. The van der Waals surface area contributed by atoms with Crippen LogP contribution in [0.2, 0.25) is 0 Å². The van der Waals surface area contributed by atoms with Crippen molar-refractivity contribution in [2.24, 2.45) is 0 Å². The molecule has 0 heterocycles. The van der Waals surface area contributed by atoms with Crippen LogP contribution >= 0.6 is 15.9 Å². The molecule has 0 aliphatic rings. The molecule has 2 aromatic carbocycles. The Labute approximate surface area is 147 Å². The highest BCUT2D eigenvalue weighted by Crippen LogP contribution is 2.31. The molecule has 5 nitrogen and oxygen atoms in total. The molecule has 25 heavy (non-hydrogen) atoms. The number of hydrogen-bond donors (Lipinski definition) is 1. The zero-order chi connectivity index (χ0) is 18.8. The first-order valence-electron chi connectivity index (χ1n) is 6.66. The molecule has 0 spiro atoms. The van der Waals surface area contributed by atoms with Gasteiger partial charge >= 0.3 is 12.1 Å². The molecular formula is C16H9BrF3NO4. The van der Waals surface area contributed by atoms with E-state index >= 15 is 0 Å². The molecule has 0 amide bonds. The third kappa shape index (κ3) is 4.44. The standard InChI is InChI=1S/C16H9BrF3NO4/c17-12-5-6-14(21(24)25)10(7-12)8-13(15(22)23)9-1-3-11(4-2-9)16(18,19)20/h1-8H,(H,22,23)/b13-8+. The third-order valence-electron chi connectivity index (χ3n) is 3.24. The molecule has 2 aromatic rings. The molecule has 0 aliphatic heterocycles. The second kappa shape index (κ2) is 7.06. The van der Waals surface area contributed by atoms with Crippen LogP contribution in [0.4, 0.5) is 18.9 Å². The number of carboxylic acid groups (broad SMARTS) is 1. The zero-order valence-corrected chi connectivity index (χ0v) is 13.8. The number of carboxylic acids is 1. The number of hydrogen-bond acceptors (Lipinski definition) is 3. The van der Waals surface area contributed by atoms with Crippen LogP contribution in [0.15, 0.2) is 46.9 Å². The molecule has 130 valence electrons. The normalized spacial score (nSPS) is 12.1. The van der Waals surface area contributed by atoms with Gasteiger partial charge < -0.3 is 5.11 Å². The van der Waals surface area contributed by atoms with E-state index in [2.05, 4.69) is 15.9 Å². The Bertz CT molecular complexity index is 861. The minimum atomic E-state index is -4.55. The van der Waals surface area contributed by atoms with Crippen LogP contribution in [0, 0.1) is 10.1 Å². The maximum absolute atomic E-state index is 12.6. The molecule has 9 heteroatoms. The lowest BCUT2D eigenvalue weighted by atomic mass is 10.0. The van der Waals surface area contributed by atoms with Gasteiger partial charge in [-0.2, -0.15) is 13.2 Å². The molecule has 0 bridgehead atoms. The van der Waals surface area contributed by atoms with Crippen LogP contribution < -0.4 is 0 Å². The van der Waals surface area contributed by atoms with Crippen molar-refractivity contribution in [3.05, 3.63) is 73.7 Å². The van der Waals surface area contributed by atoms with Gasteiger partial charge in [0.25, 0.3) is 5.69 Å². The Morgan fingerprint density at radius 1 is 1.16 bits per heavy atom. The van der Waals surface area contributed by atoms with E-state index in [1.807, 2.05) is 0 Å². The molecule has 0 aliphatic carbocycles. The maximum atomic E-state index is 12.6. The average Bonchev–Trinajstić information content (AvgIpc) is 2.51. The highest BCUT2D eigenvalue weighted by molar-refractivity contribution is 9.10. The van der Waals surface area contributed by atoms with Gasteiger partial charge in [-0.3, -0.25) is 10.1 Å². The van der Waals surface area contributed by atoms with Crippen molar-refractivity contribution in [3.63, 3.8) is 0 Å². The Balaban J connectivity index is 2.56. The number of nitro benzene ring substituents is 1. The van der Waals surface area contributed by atoms with E-state index in [4.69, 9.17) is 0 Å². The number of nitrogens with zero attached hydrogens (tertiary/aromatic N) is 1. The quantitative estimate of drug-likeness (QED) is 0.329. The van der Waals surface area contributed by atoms with Gasteiger partial charge in [0.05, 0.1) is 21.6 Å². The molecule has 0 atom stereocenters. The fourth-order valence-electron chi connectivity index (χ4n) is 2.07. The summed E-state index contributed by atoms with van der Waals surface area (Å²) in [5, 5.41) is 20.4. The van der Waals surface area contributed by atoms with Crippen LogP contribution in [0.5, 0.6) is 0 Å². The number of halogens is 4. The van der Waals surface area contributed by atoms with E-state index < -0.39 is 22.6 Å². The van der Waals surface area contributed by atoms with Crippen molar-refractivity contribution < 1.29 is 28.0 Å². The number of alkyl halides is 3. The third-order valence-corrected chi connectivity index (χ3v) is 3.73. The second-order valence-corrected chi connectivity index (χ2v) is 5.81. The molecule has 0 fully saturated rings. The first-order chi connectivity index (χ1) is 11.6. The molecule has 0 aromatic heterocycles. The van der Waals surface area contributed by atoms with Crippen LogP contribution in [-0.4, -0.2) is 16.0 Å². The highest BCUT2D eigenvalue weighted by Gasteiger charge is 2.30. The monoisotopic (exact) mass is 415 g/mol. The summed E-state index contributed by atoms with van der Waals surface area (Å²) in [6.07, 6.45) is -3.50. The predicted octanol–water partition coefficient (Wildman–Crippen LogP) is 5.00. The molecule has 0 radical (unpaired) electrons. The second-order valence-electron chi connectivity index (χ2n) is 4.90. The smallest absolute Gasteiger partial charge is 0.416 e. The number of aliphatic carboxylic acids is 1. The van der Waals surface area contributed by atoms with Gasteiger partial charge in [-0.25, -0.2) is 4.79 Å². The zero-order valence-electron chi connectivity index (χ0n) is 12.2. The SMILES string of the molecule is O=C(O)/C(=C/c1cc(Br)ccc1[N+](=O)[O-])c1ccc(C(F)(F)F)cc1. The van der Waals surface area contributed by atoms with E-state index in [1.165, 1.54) is 18.2 Å². The van der Waals surface area contributed by atoms with Crippen molar-refractivity contribution in [1.82, 2.24) is 0 Å². The topological polar surface area (TPSA) is 80.4 Å². The Morgan fingerprint density at radius 2 is 1.76 bits per heavy atom. The fourth-order valence-corrected chi connectivity index (χ4v) is 2.45.